The van der Waals surface area contributed by atoms with E-state index in [1.54, 1.807) is 14.2 Å². The molecule has 0 spiro atoms. The van der Waals surface area contributed by atoms with E-state index in [0.717, 1.165) is 53.3 Å². The van der Waals surface area contributed by atoms with Crippen LogP contribution in [0.5, 0.6) is 11.5 Å². The summed E-state index contributed by atoms with van der Waals surface area (Å²) < 4.78 is 10.9. The summed E-state index contributed by atoms with van der Waals surface area (Å²) in [5.74, 6) is 1.44. The molecule has 0 heterocycles. The Balaban J connectivity index is 1.71. The van der Waals surface area contributed by atoms with Gasteiger partial charge in [-0.25, -0.2) is 0 Å². The highest BCUT2D eigenvalue weighted by Gasteiger charge is 2.31. The largest absolute Gasteiger partial charge is 0.497 e. The van der Waals surface area contributed by atoms with Gasteiger partial charge in [0, 0.05) is 31.5 Å². The molecular weight excluding hydrogens is 412 g/mol. The number of fused-ring (bicyclic) bond motifs is 1. The predicted molar refractivity (Wildman–Crippen MR) is 134 cm³/mol. The maximum atomic E-state index is 14.1. The van der Waals surface area contributed by atoms with Gasteiger partial charge in [-0.2, -0.15) is 0 Å². The first-order valence-electron chi connectivity index (χ1n) is 11.4. The summed E-state index contributed by atoms with van der Waals surface area (Å²) in [6, 6.07) is 22.2. The van der Waals surface area contributed by atoms with Crippen LogP contribution in [0.25, 0.3) is 0 Å². The van der Waals surface area contributed by atoms with Crippen LogP contribution in [0.3, 0.4) is 0 Å². The number of ether oxygens (including phenoxy) is 2. The molecule has 1 amide bonds. The van der Waals surface area contributed by atoms with Crippen molar-refractivity contribution in [2.45, 2.75) is 31.7 Å². The number of carbonyl (C=O) groups excluding carboxylic acids is 1. The van der Waals surface area contributed by atoms with Crippen molar-refractivity contribution in [3.05, 3.63) is 83.4 Å². The molecule has 0 radical (unpaired) electrons. The first kappa shape index (κ1) is 22.7. The highest BCUT2D eigenvalue weighted by atomic mass is 16.5. The van der Waals surface area contributed by atoms with E-state index >= 15 is 0 Å². The van der Waals surface area contributed by atoms with E-state index in [0.29, 0.717) is 6.54 Å². The van der Waals surface area contributed by atoms with Crippen molar-refractivity contribution >= 4 is 17.3 Å². The van der Waals surface area contributed by atoms with Crippen molar-refractivity contribution < 1.29 is 14.3 Å². The molecule has 1 atom stereocenters. The lowest BCUT2D eigenvalue weighted by atomic mass is 9.81. The van der Waals surface area contributed by atoms with Crippen molar-refractivity contribution in [2.24, 2.45) is 0 Å². The molecule has 3 aromatic rings. The van der Waals surface area contributed by atoms with Crippen LogP contribution in [-0.2, 0) is 17.8 Å². The maximum absolute atomic E-state index is 14.1. The van der Waals surface area contributed by atoms with E-state index in [1.807, 2.05) is 55.4 Å². The molecule has 0 saturated carbocycles. The lowest BCUT2D eigenvalue weighted by Gasteiger charge is -2.31. The van der Waals surface area contributed by atoms with Crippen LogP contribution in [0.1, 0.15) is 35.4 Å². The van der Waals surface area contributed by atoms with Crippen LogP contribution in [0.15, 0.2) is 66.7 Å². The van der Waals surface area contributed by atoms with E-state index < -0.39 is 0 Å². The van der Waals surface area contributed by atoms with Gasteiger partial charge in [0.2, 0.25) is 5.91 Å². The van der Waals surface area contributed by atoms with E-state index in [-0.39, 0.29) is 11.8 Å². The fourth-order valence-corrected chi connectivity index (χ4v) is 4.51. The predicted octanol–water partition coefficient (Wildman–Crippen LogP) is 5.42. The molecule has 0 bridgehead atoms. The number of nitrogens with zero attached hydrogens (tertiary/aromatic N) is 2. The summed E-state index contributed by atoms with van der Waals surface area (Å²) in [7, 11) is 7.36. The number of carbonyl (C=O) groups is 1. The number of amides is 1. The van der Waals surface area contributed by atoms with Crippen molar-refractivity contribution in [2.75, 3.05) is 38.1 Å². The Morgan fingerprint density at radius 2 is 1.64 bits per heavy atom. The van der Waals surface area contributed by atoms with Gasteiger partial charge in [0.25, 0.3) is 0 Å². The van der Waals surface area contributed by atoms with Crippen LogP contribution in [-0.4, -0.2) is 34.2 Å². The van der Waals surface area contributed by atoms with Crippen molar-refractivity contribution in [3.8, 4) is 11.5 Å². The van der Waals surface area contributed by atoms with Gasteiger partial charge in [0.15, 0.2) is 0 Å². The van der Waals surface area contributed by atoms with E-state index in [2.05, 4.69) is 35.2 Å². The molecular formula is C28H32N2O3. The normalized spacial score (nSPS) is 14.8. The molecule has 0 aliphatic heterocycles. The van der Waals surface area contributed by atoms with Gasteiger partial charge in [-0.05, 0) is 72.4 Å². The zero-order valence-electron chi connectivity index (χ0n) is 19.9. The number of methoxy groups -OCH3 is 2. The lowest BCUT2D eigenvalue weighted by Crippen LogP contribution is -2.36. The highest BCUT2D eigenvalue weighted by molar-refractivity contribution is 5.98. The average Bonchev–Trinajstić information content (AvgIpc) is 2.86. The molecule has 4 rings (SSSR count). The zero-order valence-corrected chi connectivity index (χ0v) is 19.9. The molecule has 0 aromatic heterocycles. The third kappa shape index (κ3) is 4.98. The minimum Gasteiger partial charge on any atom is -0.497 e. The highest BCUT2D eigenvalue weighted by Crippen LogP contribution is 2.37. The summed E-state index contributed by atoms with van der Waals surface area (Å²) in [6.07, 6.45) is 2.83. The Bertz CT molecular complexity index is 1110. The van der Waals surface area contributed by atoms with Crippen LogP contribution in [0.2, 0.25) is 0 Å². The number of hydrogen-bond acceptors (Lipinski definition) is 4. The number of aryl methyl sites for hydroxylation is 1. The van der Waals surface area contributed by atoms with Gasteiger partial charge in [-0.1, -0.05) is 24.3 Å². The average molecular weight is 445 g/mol. The standard InChI is InChI=1S/C28H32N2O3/c1-29(2)22-14-11-20(12-15-22)19-30(23-8-6-9-24(17-23)32-3)28(31)26-10-5-7-21-13-16-25(33-4)18-27(21)26/h6,8-9,11-18,26H,5,7,10,19H2,1-4H3. The summed E-state index contributed by atoms with van der Waals surface area (Å²) >= 11 is 0. The Morgan fingerprint density at radius 1 is 0.909 bits per heavy atom. The molecule has 172 valence electrons. The third-order valence-electron chi connectivity index (χ3n) is 6.39. The summed E-state index contributed by atoms with van der Waals surface area (Å²) in [4.78, 5) is 18.0. The van der Waals surface area contributed by atoms with Gasteiger partial charge in [-0.15, -0.1) is 0 Å². The number of hydrogen-bond donors (Lipinski definition) is 0. The summed E-state index contributed by atoms with van der Waals surface area (Å²) in [5, 5.41) is 0. The molecule has 5 nitrogen and oxygen atoms in total. The Labute approximate surface area is 196 Å². The molecule has 1 aliphatic rings. The second-order valence-corrected chi connectivity index (χ2v) is 8.70. The first-order valence-corrected chi connectivity index (χ1v) is 11.4. The number of anilines is 2. The third-order valence-corrected chi connectivity index (χ3v) is 6.39. The van der Waals surface area contributed by atoms with Crippen LogP contribution in [0.4, 0.5) is 11.4 Å². The summed E-state index contributed by atoms with van der Waals surface area (Å²) in [6.45, 7) is 0.496. The van der Waals surface area contributed by atoms with Gasteiger partial charge >= 0.3 is 0 Å². The molecule has 0 N–H and O–H groups in total. The molecule has 1 aliphatic carbocycles. The second kappa shape index (κ2) is 9.99. The Hall–Kier alpha value is -3.47. The Kier molecular flexibility index (Phi) is 6.87. The van der Waals surface area contributed by atoms with Crippen molar-refractivity contribution in [3.63, 3.8) is 0 Å². The topological polar surface area (TPSA) is 42.0 Å². The van der Waals surface area contributed by atoms with Gasteiger partial charge in [-0.3, -0.25) is 4.79 Å². The molecule has 1 unspecified atom stereocenters. The molecule has 3 aromatic carbocycles. The van der Waals surface area contributed by atoms with Crippen LogP contribution < -0.4 is 19.3 Å². The number of benzene rings is 3. The SMILES string of the molecule is COc1cccc(N(Cc2ccc(N(C)C)cc2)C(=O)C2CCCc3ccc(OC)cc32)c1. The van der Waals surface area contributed by atoms with Crippen molar-refractivity contribution in [1.82, 2.24) is 0 Å². The minimum atomic E-state index is -0.198. The van der Waals surface area contributed by atoms with Gasteiger partial charge in [0.05, 0.1) is 26.7 Å². The number of rotatable bonds is 7. The summed E-state index contributed by atoms with van der Waals surface area (Å²) in [5.41, 5.74) is 5.37. The first-order chi connectivity index (χ1) is 16.0. The van der Waals surface area contributed by atoms with Crippen LogP contribution >= 0.6 is 0 Å². The van der Waals surface area contributed by atoms with Gasteiger partial charge in [0.1, 0.15) is 11.5 Å². The second-order valence-electron chi connectivity index (χ2n) is 8.70. The van der Waals surface area contributed by atoms with Crippen LogP contribution in [0, 0.1) is 0 Å². The Morgan fingerprint density at radius 3 is 2.33 bits per heavy atom. The van der Waals surface area contributed by atoms with E-state index in [4.69, 9.17) is 9.47 Å². The van der Waals surface area contributed by atoms with E-state index in [1.165, 1.54) is 5.56 Å². The van der Waals surface area contributed by atoms with E-state index in [9.17, 15) is 4.79 Å². The lowest BCUT2D eigenvalue weighted by molar-refractivity contribution is -0.120. The molecule has 5 heteroatoms. The molecule has 0 fully saturated rings. The molecule has 33 heavy (non-hydrogen) atoms. The monoisotopic (exact) mass is 444 g/mol. The van der Waals surface area contributed by atoms with Crippen molar-refractivity contribution in [1.29, 1.82) is 0 Å². The van der Waals surface area contributed by atoms with Gasteiger partial charge < -0.3 is 19.3 Å². The molecule has 0 saturated heterocycles. The maximum Gasteiger partial charge on any atom is 0.234 e. The quantitative estimate of drug-likeness (QED) is 0.488. The fraction of sp³-hybridized carbons (Fsp3) is 0.321. The zero-order chi connectivity index (χ0) is 23.4. The minimum absolute atomic E-state index is 0.106. The smallest absolute Gasteiger partial charge is 0.234 e. The fourth-order valence-electron chi connectivity index (χ4n) is 4.51.